The van der Waals surface area contributed by atoms with Gasteiger partial charge in [-0.15, -0.1) is 0 Å². The van der Waals surface area contributed by atoms with Crippen LogP contribution >= 0.6 is 23.2 Å². The highest BCUT2D eigenvalue weighted by Gasteiger charge is 2.10. The average Bonchev–Trinajstić information content (AvgIpc) is 2.08. The predicted octanol–water partition coefficient (Wildman–Crippen LogP) is 1.99. The van der Waals surface area contributed by atoms with Crippen molar-refractivity contribution < 1.29 is 5.11 Å². The molecule has 0 aliphatic carbocycles. The maximum atomic E-state index is 9.37. The quantitative estimate of drug-likeness (QED) is 0.777. The highest BCUT2D eigenvalue weighted by atomic mass is 35.5. The molecule has 3 N–H and O–H groups in total. The van der Waals surface area contributed by atoms with Gasteiger partial charge in [0.1, 0.15) is 0 Å². The lowest BCUT2D eigenvalue weighted by Crippen LogP contribution is -2.11. The molecule has 0 aliphatic rings. The monoisotopic (exact) mass is 205 g/mol. The van der Waals surface area contributed by atoms with Crippen LogP contribution in [0.2, 0.25) is 10.0 Å². The molecule has 4 heteroatoms. The van der Waals surface area contributed by atoms with Gasteiger partial charge in [-0.25, -0.2) is 0 Å². The molecule has 0 heterocycles. The number of aliphatic hydroxyl groups excluding tert-OH is 1. The Bertz CT molecular complexity index is 278. The molecule has 1 aromatic carbocycles. The van der Waals surface area contributed by atoms with Gasteiger partial charge in [0.2, 0.25) is 0 Å². The molecule has 0 saturated carbocycles. The predicted molar refractivity (Wildman–Crippen MR) is 50.5 cm³/mol. The maximum absolute atomic E-state index is 9.37. The van der Waals surface area contributed by atoms with Crippen molar-refractivity contribution in [2.75, 3.05) is 6.54 Å². The summed E-state index contributed by atoms with van der Waals surface area (Å²) in [6, 6.07) is 5.09. The van der Waals surface area contributed by atoms with E-state index in [0.717, 1.165) is 0 Å². The summed E-state index contributed by atoms with van der Waals surface area (Å²) in [7, 11) is 0. The standard InChI is InChI=1S/C8H9Cl2NO/c9-6-3-1-2-5(8(6)10)7(12)4-11/h1-3,7,12H,4,11H2. The Morgan fingerprint density at radius 2 is 2.08 bits per heavy atom. The molecule has 0 amide bonds. The lowest BCUT2D eigenvalue weighted by molar-refractivity contribution is 0.187. The van der Waals surface area contributed by atoms with Crippen LogP contribution in [0.4, 0.5) is 0 Å². The Morgan fingerprint density at radius 3 is 2.67 bits per heavy atom. The Balaban J connectivity index is 3.07. The van der Waals surface area contributed by atoms with Gasteiger partial charge in [0.05, 0.1) is 16.1 Å². The fourth-order valence-electron chi connectivity index (χ4n) is 0.905. The van der Waals surface area contributed by atoms with Crippen molar-refractivity contribution in [2.24, 2.45) is 5.73 Å². The van der Waals surface area contributed by atoms with Crippen LogP contribution in [-0.2, 0) is 0 Å². The molecule has 1 unspecified atom stereocenters. The molecular weight excluding hydrogens is 197 g/mol. The largest absolute Gasteiger partial charge is 0.387 e. The number of aliphatic hydroxyl groups is 1. The van der Waals surface area contributed by atoms with E-state index in [1.165, 1.54) is 0 Å². The van der Waals surface area contributed by atoms with Crippen LogP contribution < -0.4 is 5.73 Å². The summed E-state index contributed by atoms with van der Waals surface area (Å²) in [6.07, 6.45) is -0.740. The van der Waals surface area contributed by atoms with E-state index in [1.54, 1.807) is 18.2 Å². The van der Waals surface area contributed by atoms with E-state index in [2.05, 4.69) is 0 Å². The highest BCUT2D eigenvalue weighted by molar-refractivity contribution is 6.42. The number of hydrogen-bond acceptors (Lipinski definition) is 2. The van der Waals surface area contributed by atoms with Crippen molar-refractivity contribution in [1.82, 2.24) is 0 Å². The number of benzene rings is 1. The van der Waals surface area contributed by atoms with E-state index in [4.69, 9.17) is 28.9 Å². The maximum Gasteiger partial charge on any atom is 0.0927 e. The van der Waals surface area contributed by atoms with E-state index in [-0.39, 0.29) is 6.54 Å². The van der Waals surface area contributed by atoms with Crippen LogP contribution in [-0.4, -0.2) is 11.7 Å². The summed E-state index contributed by atoms with van der Waals surface area (Å²) in [4.78, 5) is 0. The lowest BCUT2D eigenvalue weighted by Gasteiger charge is -2.10. The molecule has 0 spiro atoms. The van der Waals surface area contributed by atoms with Crippen LogP contribution in [0.3, 0.4) is 0 Å². The average molecular weight is 206 g/mol. The summed E-state index contributed by atoms with van der Waals surface area (Å²) < 4.78 is 0. The molecule has 1 rings (SSSR count). The fourth-order valence-corrected chi connectivity index (χ4v) is 1.34. The van der Waals surface area contributed by atoms with Crippen LogP contribution in [0.5, 0.6) is 0 Å². The molecule has 0 fully saturated rings. The molecule has 66 valence electrons. The summed E-state index contributed by atoms with van der Waals surface area (Å²) in [6.45, 7) is 0.139. The summed E-state index contributed by atoms with van der Waals surface area (Å²) in [5.41, 5.74) is 5.85. The zero-order valence-corrected chi connectivity index (χ0v) is 7.81. The van der Waals surface area contributed by atoms with Gasteiger partial charge in [0.15, 0.2) is 0 Å². The molecule has 2 nitrogen and oxygen atoms in total. The number of rotatable bonds is 2. The van der Waals surface area contributed by atoms with Crippen molar-refractivity contribution in [3.8, 4) is 0 Å². The summed E-state index contributed by atoms with van der Waals surface area (Å²) in [5, 5.41) is 10.2. The smallest absolute Gasteiger partial charge is 0.0927 e. The first kappa shape index (κ1) is 9.81. The summed E-state index contributed by atoms with van der Waals surface area (Å²) in [5.74, 6) is 0. The van der Waals surface area contributed by atoms with Crippen molar-refractivity contribution in [1.29, 1.82) is 0 Å². The molecular formula is C8H9Cl2NO. The van der Waals surface area contributed by atoms with Crippen molar-refractivity contribution in [3.05, 3.63) is 33.8 Å². The molecule has 1 atom stereocenters. The highest BCUT2D eigenvalue weighted by Crippen LogP contribution is 2.29. The molecule has 0 aliphatic heterocycles. The van der Waals surface area contributed by atoms with Gasteiger partial charge in [-0.3, -0.25) is 0 Å². The van der Waals surface area contributed by atoms with Crippen molar-refractivity contribution >= 4 is 23.2 Å². The van der Waals surface area contributed by atoms with E-state index >= 15 is 0 Å². The van der Waals surface area contributed by atoms with Crippen LogP contribution in [0, 0.1) is 0 Å². The zero-order valence-electron chi connectivity index (χ0n) is 6.30. The molecule has 12 heavy (non-hydrogen) atoms. The normalized spacial score (nSPS) is 13.0. The van der Waals surface area contributed by atoms with Crippen LogP contribution in [0.25, 0.3) is 0 Å². The molecule has 1 aromatic rings. The SMILES string of the molecule is NCC(O)c1cccc(Cl)c1Cl. The number of nitrogens with two attached hydrogens (primary N) is 1. The van der Waals surface area contributed by atoms with Crippen LogP contribution in [0.1, 0.15) is 11.7 Å². The second kappa shape index (κ2) is 4.10. The molecule has 0 aromatic heterocycles. The Labute approximate surface area is 80.9 Å². The Hall–Kier alpha value is -0.280. The van der Waals surface area contributed by atoms with Gasteiger partial charge < -0.3 is 10.8 Å². The van der Waals surface area contributed by atoms with Gasteiger partial charge in [-0.05, 0) is 6.07 Å². The van der Waals surface area contributed by atoms with Gasteiger partial charge >= 0.3 is 0 Å². The Morgan fingerprint density at radius 1 is 1.42 bits per heavy atom. The third kappa shape index (κ3) is 1.90. The second-order valence-electron chi connectivity index (χ2n) is 2.39. The third-order valence-electron chi connectivity index (χ3n) is 1.56. The number of hydrogen-bond donors (Lipinski definition) is 2. The molecule has 0 saturated heterocycles. The minimum atomic E-state index is -0.740. The fraction of sp³-hybridized carbons (Fsp3) is 0.250. The second-order valence-corrected chi connectivity index (χ2v) is 3.18. The lowest BCUT2D eigenvalue weighted by atomic mass is 10.1. The minimum Gasteiger partial charge on any atom is -0.387 e. The summed E-state index contributed by atoms with van der Waals surface area (Å²) >= 11 is 11.6. The molecule has 0 radical (unpaired) electrons. The van der Waals surface area contributed by atoms with Gasteiger partial charge in [0, 0.05) is 12.1 Å². The van der Waals surface area contributed by atoms with Gasteiger partial charge in [-0.1, -0.05) is 35.3 Å². The Kier molecular flexibility index (Phi) is 3.35. The molecule has 0 bridgehead atoms. The van der Waals surface area contributed by atoms with E-state index in [9.17, 15) is 5.11 Å². The van der Waals surface area contributed by atoms with E-state index in [0.29, 0.717) is 15.6 Å². The van der Waals surface area contributed by atoms with Crippen LogP contribution in [0.15, 0.2) is 18.2 Å². The topological polar surface area (TPSA) is 46.2 Å². The first-order chi connectivity index (χ1) is 5.66. The first-order valence-corrected chi connectivity index (χ1v) is 4.24. The first-order valence-electron chi connectivity index (χ1n) is 3.49. The van der Waals surface area contributed by atoms with Crippen molar-refractivity contribution in [3.63, 3.8) is 0 Å². The van der Waals surface area contributed by atoms with E-state index < -0.39 is 6.10 Å². The minimum absolute atomic E-state index is 0.139. The van der Waals surface area contributed by atoms with Gasteiger partial charge in [-0.2, -0.15) is 0 Å². The zero-order chi connectivity index (χ0) is 9.14. The third-order valence-corrected chi connectivity index (χ3v) is 2.40. The van der Waals surface area contributed by atoms with Crippen molar-refractivity contribution in [2.45, 2.75) is 6.10 Å². The number of halogens is 2. The van der Waals surface area contributed by atoms with E-state index in [1.807, 2.05) is 0 Å². The van der Waals surface area contributed by atoms with Gasteiger partial charge in [0.25, 0.3) is 0 Å².